The van der Waals surface area contributed by atoms with Gasteiger partial charge in [-0.1, -0.05) is 6.42 Å². The Morgan fingerprint density at radius 2 is 1.94 bits per heavy atom. The molecule has 0 amide bonds. The molecule has 0 unspecified atom stereocenters. The van der Waals surface area contributed by atoms with Gasteiger partial charge in [-0.05, 0) is 39.5 Å². The Kier molecular flexibility index (Phi) is 6.46. The van der Waals surface area contributed by atoms with Crippen molar-refractivity contribution in [2.24, 2.45) is 4.99 Å². The van der Waals surface area contributed by atoms with E-state index in [4.69, 9.17) is 9.47 Å². The largest absolute Gasteiger partial charge is 0.478 e. The van der Waals surface area contributed by atoms with Gasteiger partial charge in [-0.3, -0.25) is 4.99 Å². The summed E-state index contributed by atoms with van der Waals surface area (Å²) in [6.45, 7) is 7.41. The van der Waals surface area contributed by atoms with Crippen LogP contribution in [0.2, 0.25) is 0 Å². The monoisotopic (exact) mass is 227 g/mol. The molecule has 1 aliphatic rings. The summed E-state index contributed by atoms with van der Waals surface area (Å²) in [7, 11) is 0. The van der Waals surface area contributed by atoms with Gasteiger partial charge in [-0.25, -0.2) is 0 Å². The van der Waals surface area contributed by atoms with Crippen molar-refractivity contribution in [1.82, 2.24) is 0 Å². The van der Waals surface area contributed by atoms with Gasteiger partial charge >= 0.3 is 0 Å². The van der Waals surface area contributed by atoms with Crippen LogP contribution in [-0.4, -0.2) is 31.3 Å². The molecule has 0 aromatic heterocycles. The highest BCUT2D eigenvalue weighted by Crippen LogP contribution is 2.20. The molecule has 0 heterocycles. The van der Waals surface area contributed by atoms with E-state index in [1.165, 1.54) is 32.1 Å². The normalized spacial score (nSPS) is 19.1. The maximum absolute atomic E-state index is 5.79. The van der Waals surface area contributed by atoms with Crippen molar-refractivity contribution < 1.29 is 9.47 Å². The van der Waals surface area contributed by atoms with Gasteiger partial charge in [-0.2, -0.15) is 0 Å². The number of rotatable bonds is 5. The van der Waals surface area contributed by atoms with Gasteiger partial charge in [0.1, 0.15) is 6.10 Å². The third-order valence-corrected chi connectivity index (χ3v) is 2.77. The number of hydrogen-bond donors (Lipinski definition) is 0. The predicted octanol–water partition coefficient (Wildman–Crippen LogP) is 3.18. The van der Waals surface area contributed by atoms with Crippen molar-refractivity contribution in [3.05, 3.63) is 0 Å². The van der Waals surface area contributed by atoms with Crippen LogP contribution in [0.15, 0.2) is 4.99 Å². The molecule has 0 N–H and O–H groups in total. The maximum Gasteiger partial charge on any atom is 0.180 e. The standard InChI is InChI=1S/C13H25NO2/c1-11(2)15-10-9-14-12(3)16-13-7-5-4-6-8-13/h11,13H,4-10H2,1-3H3. The minimum absolute atomic E-state index is 0.287. The Labute approximate surface area is 99.2 Å². The predicted molar refractivity (Wildman–Crippen MR) is 67.0 cm³/mol. The molecular formula is C13H25NO2. The molecular weight excluding hydrogens is 202 g/mol. The fourth-order valence-corrected chi connectivity index (χ4v) is 1.95. The van der Waals surface area contributed by atoms with E-state index in [-0.39, 0.29) is 6.10 Å². The molecule has 1 fully saturated rings. The number of aliphatic imine (C=N–C) groups is 1. The number of ether oxygens (including phenoxy) is 2. The summed E-state index contributed by atoms with van der Waals surface area (Å²) < 4.78 is 11.2. The van der Waals surface area contributed by atoms with Crippen LogP contribution in [0, 0.1) is 0 Å². The van der Waals surface area contributed by atoms with Gasteiger partial charge in [0.25, 0.3) is 0 Å². The maximum atomic E-state index is 5.79. The summed E-state index contributed by atoms with van der Waals surface area (Å²) in [6, 6.07) is 0. The molecule has 1 aliphatic carbocycles. The quantitative estimate of drug-likeness (QED) is 0.410. The van der Waals surface area contributed by atoms with E-state index in [1.807, 2.05) is 20.8 Å². The zero-order chi connectivity index (χ0) is 11.8. The first-order valence-corrected chi connectivity index (χ1v) is 6.48. The minimum atomic E-state index is 0.287. The first kappa shape index (κ1) is 13.5. The molecule has 0 atom stereocenters. The Balaban J connectivity index is 2.12. The summed E-state index contributed by atoms with van der Waals surface area (Å²) in [5.74, 6) is 0.819. The second-order valence-corrected chi connectivity index (χ2v) is 4.70. The topological polar surface area (TPSA) is 30.8 Å². The van der Waals surface area contributed by atoms with Gasteiger partial charge in [0.05, 0.1) is 19.3 Å². The summed E-state index contributed by atoms with van der Waals surface area (Å²) in [5.41, 5.74) is 0. The first-order valence-electron chi connectivity index (χ1n) is 6.48. The van der Waals surface area contributed by atoms with Crippen molar-refractivity contribution in [1.29, 1.82) is 0 Å². The van der Waals surface area contributed by atoms with E-state index in [0.29, 0.717) is 19.3 Å². The molecule has 3 nitrogen and oxygen atoms in total. The number of hydrogen-bond acceptors (Lipinski definition) is 3. The van der Waals surface area contributed by atoms with E-state index in [0.717, 1.165) is 5.90 Å². The van der Waals surface area contributed by atoms with Crippen LogP contribution in [0.4, 0.5) is 0 Å². The van der Waals surface area contributed by atoms with E-state index < -0.39 is 0 Å². The minimum Gasteiger partial charge on any atom is -0.478 e. The van der Waals surface area contributed by atoms with Crippen LogP contribution in [-0.2, 0) is 9.47 Å². The lowest BCUT2D eigenvalue weighted by molar-refractivity contribution is 0.0843. The van der Waals surface area contributed by atoms with Gasteiger partial charge in [-0.15, -0.1) is 0 Å². The molecule has 0 aromatic rings. The Bertz CT molecular complexity index is 208. The van der Waals surface area contributed by atoms with Crippen molar-refractivity contribution in [3.63, 3.8) is 0 Å². The van der Waals surface area contributed by atoms with Gasteiger partial charge < -0.3 is 9.47 Å². The van der Waals surface area contributed by atoms with E-state index >= 15 is 0 Å². The van der Waals surface area contributed by atoms with Crippen molar-refractivity contribution >= 4 is 5.90 Å². The highest BCUT2D eigenvalue weighted by Gasteiger charge is 2.14. The molecule has 0 radical (unpaired) electrons. The lowest BCUT2D eigenvalue weighted by Crippen LogP contribution is -2.19. The molecule has 0 bridgehead atoms. The van der Waals surface area contributed by atoms with Crippen LogP contribution in [0.3, 0.4) is 0 Å². The summed E-state index contributed by atoms with van der Waals surface area (Å²) in [6.07, 6.45) is 7.03. The molecule has 0 aliphatic heterocycles. The van der Waals surface area contributed by atoms with Crippen LogP contribution < -0.4 is 0 Å². The summed E-state index contributed by atoms with van der Waals surface area (Å²) in [5, 5.41) is 0. The third kappa shape index (κ3) is 6.11. The van der Waals surface area contributed by atoms with Crippen LogP contribution >= 0.6 is 0 Å². The first-order chi connectivity index (χ1) is 7.68. The van der Waals surface area contributed by atoms with Gasteiger partial charge in [0.2, 0.25) is 0 Å². The van der Waals surface area contributed by atoms with E-state index in [9.17, 15) is 0 Å². The second kappa shape index (κ2) is 7.66. The lowest BCUT2D eigenvalue weighted by atomic mass is 9.98. The fraction of sp³-hybridized carbons (Fsp3) is 0.923. The molecule has 16 heavy (non-hydrogen) atoms. The third-order valence-electron chi connectivity index (χ3n) is 2.77. The zero-order valence-corrected chi connectivity index (χ0v) is 10.9. The molecule has 0 aromatic carbocycles. The van der Waals surface area contributed by atoms with E-state index in [2.05, 4.69) is 4.99 Å². The molecule has 0 saturated heterocycles. The van der Waals surface area contributed by atoms with Gasteiger partial charge in [0, 0.05) is 6.92 Å². The Morgan fingerprint density at radius 3 is 2.56 bits per heavy atom. The van der Waals surface area contributed by atoms with Crippen LogP contribution in [0.1, 0.15) is 52.9 Å². The molecule has 1 rings (SSSR count). The van der Waals surface area contributed by atoms with Crippen molar-refractivity contribution in [2.45, 2.75) is 65.1 Å². The van der Waals surface area contributed by atoms with Crippen molar-refractivity contribution in [3.8, 4) is 0 Å². The molecule has 0 spiro atoms. The molecule has 1 saturated carbocycles. The van der Waals surface area contributed by atoms with E-state index in [1.54, 1.807) is 0 Å². The summed E-state index contributed by atoms with van der Waals surface area (Å²) >= 11 is 0. The average Bonchev–Trinajstić information content (AvgIpc) is 2.25. The number of nitrogens with zero attached hydrogens (tertiary/aromatic N) is 1. The average molecular weight is 227 g/mol. The Morgan fingerprint density at radius 1 is 1.25 bits per heavy atom. The SMILES string of the molecule is CC(=NCCOC(C)C)OC1CCCCC1. The highest BCUT2D eigenvalue weighted by molar-refractivity contribution is 5.73. The highest BCUT2D eigenvalue weighted by atomic mass is 16.5. The van der Waals surface area contributed by atoms with Crippen molar-refractivity contribution in [2.75, 3.05) is 13.2 Å². The van der Waals surface area contributed by atoms with Crippen LogP contribution in [0.5, 0.6) is 0 Å². The molecule has 3 heteroatoms. The lowest BCUT2D eigenvalue weighted by Gasteiger charge is -2.22. The second-order valence-electron chi connectivity index (χ2n) is 4.70. The van der Waals surface area contributed by atoms with Crippen LogP contribution in [0.25, 0.3) is 0 Å². The van der Waals surface area contributed by atoms with Gasteiger partial charge in [0.15, 0.2) is 5.90 Å². The Hall–Kier alpha value is -0.570. The fourth-order valence-electron chi connectivity index (χ4n) is 1.95. The summed E-state index contributed by atoms with van der Waals surface area (Å²) in [4.78, 5) is 4.36. The molecule has 94 valence electrons. The smallest absolute Gasteiger partial charge is 0.180 e. The zero-order valence-electron chi connectivity index (χ0n) is 10.9.